The molecular weight excluding hydrogens is 341 g/mol. The first-order valence-electron chi connectivity index (χ1n) is 7.10. The van der Waals surface area contributed by atoms with Gasteiger partial charge in [0, 0.05) is 23.7 Å². The highest BCUT2D eigenvalue weighted by Gasteiger charge is 2.28. The van der Waals surface area contributed by atoms with Crippen molar-refractivity contribution in [2.75, 3.05) is 19.8 Å². The second kappa shape index (κ2) is 7.75. The summed E-state index contributed by atoms with van der Waals surface area (Å²) >= 11 is 3.17. The molecule has 1 aliphatic rings. The maximum atomic E-state index is 13.6. The zero-order valence-corrected chi connectivity index (χ0v) is 13.3. The summed E-state index contributed by atoms with van der Waals surface area (Å²) in [6.07, 6.45) is 3.42. The van der Waals surface area contributed by atoms with Crippen LogP contribution in [-0.2, 0) is 4.79 Å². The van der Waals surface area contributed by atoms with Crippen LogP contribution in [0.25, 0.3) is 0 Å². The Morgan fingerprint density at radius 1 is 1.52 bits per heavy atom. The number of amides is 1. The van der Waals surface area contributed by atoms with Crippen LogP contribution < -0.4 is 4.74 Å². The fourth-order valence-electron chi connectivity index (χ4n) is 2.61. The molecule has 0 spiro atoms. The molecule has 1 aromatic rings. The van der Waals surface area contributed by atoms with Crippen LogP contribution in [0.15, 0.2) is 22.7 Å². The van der Waals surface area contributed by atoms with Gasteiger partial charge in [-0.3, -0.25) is 4.79 Å². The lowest BCUT2D eigenvalue weighted by Crippen LogP contribution is -2.38. The van der Waals surface area contributed by atoms with Crippen molar-refractivity contribution in [1.82, 2.24) is 4.90 Å². The van der Waals surface area contributed by atoms with Crippen molar-refractivity contribution in [3.8, 4) is 5.75 Å². The maximum Gasteiger partial charge on any atom is 0.260 e. The predicted octanol–water partition coefficient (Wildman–Crippen LogP) is 2.73. The molecule has 21 heavy (non-hydrogen) atoms. The molecule has 1 saturated heterocycles. The van der Waals surface area contributed by atoms with Gasteiger partial charge in [0.05, 0.1) is 0 Å². The summed E-state index contributed by atoms with van der Waals surface area (Å²) in [5.74, 6) is -0.536. The van der Waals surface area contributed by atoms with Crippen molar-refractivity contribution >= 4 is 21.8 Å². The highest BCUT2D eigenvalue weighted by Crippen LogP contribution is 2.23. The molecule has 6 heteroatoms. The normalized spacial score (nSPS) is 18.0. The molecule has 4 nitrogen and oxygen atoms in total. The van der Waals surface area contributed by atoms with E-state index in [0.29, 0.717) is 17.4 Å². The van der Waals surface area contributed by atoms with Gasteiger partial charge in [0.25, 0.3) is 5.91 Å². The minimum atomic E-state index is -0.490. The van der Waals surface area contributed by atoms with Gasteiger partial charge in [-0.2, -0.15) is 0 Å². The lowest BCUT2D eigenvalue weighted by Gasteiger charge is -2.24. The number of aliphatic hydroxyl groups is 1. The number of carbonyl (C=O) groups excluding carboxylic acids is 1. The number of hydrogen-bond donors (Lipinski definition) is 1. The van der Waals surface area contributed by atoms with E-state index in [1.54, 1.807) is 11.0 Å². The number of benzene rings is 1. The van der Waals surface area contributed by atoms with E-state index in [4.69, 9.17) is 9.84 Å². The van der Waals surface area contributed by atoms with Gasteiger partial charge in [-0.15, -0.1) is 0 Å². The van der Waals surface area contributed by atoms with E-state index in [1.807, 2.05) is 0 Å². The number of rotatable bonds is 6. The zero-order valence-electron chi connectivity index (χ0n) is 11.7. The Morgan fingerprint density at radius 2 is 2.33 bits per heavy atom. The van der Waals surface area contributed by atoms with Crippen molar-refractivity contribution in [2.45, 2.75) is 31.7 Å². The Kier molecular flexibility index (Phi) is 5.99. The SMILES string of the molecule is O=C(COc1ccc(Br)cc1F)N1CCCC1CCCO. The highest BCUT2D eigenvalue weighted by atomic mass is 79.9. The van der Waals surface area contributed by atoms with Gasteiger partial charge in [0.15, 0.2) is 18.2 Å². The Hall–Kier alpha value is -1.14. The topological polar surface area (TPSA) is 49.8 Å². The molecule has 2 rings (SSSR count). The fraction of sp³-hybridized carbons (Fsp3) is 0.533. The Morgan fingerprint density at radius 3 is 3.05 bits per heavy atom. The van der Waals surface area contributed by atoms with E-state index in [2.05, 4.69) is 15.9 Å². The molecule has 0 radical (unpaired) electrons. The van der Waals surface area contributed by atoms with Crippen LogP contribution in [0.5, 0.6) is 5.75 Å². The minimum absolute atomic E-state index is 0.0812. The molecule has 0 bridgehead atoms. The number of halogens is 2. The lowest BCUT2D eigenvalue weighted by atomic mass is 10.1. The first-order valence-corrected chi connectivity index (χ1v) is 7.89. The summed E-state index contributed by atoms with van der Waals surface area (Å²) in [4.78, 5) is 14.0. The smallest absolute Gasteiger partial charge is 0.260 e. The molecule has 1 unspecified atom stereocenters. The summed E-state index contributed by atoms with van der Waals surface area (Å²) in [6.45, 7) is 0.689. The van der Waals surface area contributed by atoms with Gasteiger partial charge in [0.1, 0.15) is 0 Å². The van der Waals surface area contributed by atoms with E-state index >= 15 is 0 Å². The number of likely N-dealkylation sites (tertiary alicyclic amines) is 1. The second-order valence-electron chi connectivity index (χ2n) is 5.11. The van der Waals surface area contributed by atoms with Crippen molar-refractivity contribution in [2.24, 2.45) is 0 Å². The number of aliphatic hydroxyl groups excluding tert-OH is 1. The third-order valence-electron chi connectivity index (χ3n) is 3.64. The van der Waals surface area contributed by atoms with Gasteiger partial charge in [-0.05, 0) is 43.9 Å². The molecule has 0 aliphatic carbocycles. The van der Waals surface area contributed by atoms with Crippen LogP contribution >= 0.6 is 15.9 Å². The van der Waals surface area contributed by atoms with Gasteiger partial charge >= 0.3 is 0 Å². The molecule has 116 valence electrons. The monoisotopic (exact) mass is 359 g/mol. The van der Waals surface area contributed by atoms with Crippen LogP contribution in [0.3, 0.4) is 0 Å². The summed E-state index contributed by atoms with van der Waals surface area (Å²) in [7, 11) is 0. The molecule has 0 saturated carbocycles. The van der Waals surface area contributed by atoms with Crippen LogP contribution in [-0.4, -0.2) is 41.7 Å². The molecule has 1 fully saturated rings. The number of hydrogen-bond acceptors (Lipinski definition) is 3. The average molecular weight is 360 g/mol. The first kappa shape index (κ1) is 16.2. The fourth-order valence-corrected chi connectivity index (χ4v) is 2.94. The summed E-state index contributed by atoms with van der Waals surface area (Å²) < 4.78 is 19.5. The molecule has 1 heterocycles. The standard InChI is InChI=1S/C15H19BrFNO3/c16-11-5-6-14(13(17)9-11)21-10-15(20)18-7-1-3-12(18)4-2-8-19/h5-6,9,12,19H,1-4,7-8,10H2. The molecule has 1 aliphatic heterocycles. The molecule has 1 aromatic carbocycles. The number of ether oxygens (including phenoxy) is 1. The van der Waals surface area contributed by atoms with Gasteiger partial charge in [-0.25, -0.2) is 4.39 Å². The molecule has 0 aromatic heterocycles. The largest absolute Gasteiger partial charge is 0.481 e. The zero-order chi connectivity index (χ0) is 15.2. The third kappa shape index (κ3) is 4.41. The van der Waals surface area contributed by atoms with Gasteiger partial charge in [0.2, 0.25) is 0 Å². The van der Waals surface area contributed by atoms with Gasteiger partial charge < -0.3 is 14.7 Å². The van der Waals surface area contributed by atoms with Gasteiger partial charge in [-0.1, -0.05) is 15.9 Å². The van der Waals surface area contributed by atoms with E-state index in [1.165, 1.54) is 12.1 Å². The van der Waals surface area contributed by atoms with E-state index < -0.39 is 5.82 Å². The van der Waals surface area contributed by atoms with Crippen molar-refractivity contribution in [3.63, 3.8) is 0 Å². The predicted molar refractivity (Wildman–Crippen MR) is 80.6 cm³/mol. The number of nitrogens with zero attached hydrogens (tertiary/aromatic N) is 1. The molecule has 1 N–H and O–H groups in total. The Balaban J connectivity index is 1.88. The summed E-state index contributed by atoms with van der Waals surface area (Å²) in [6, 6.07) is 4.64. The lowest BCUT2D eigenvalue weighted by molar-refractivity contribution is -0.134. The Bertz CT molecular complexity index is 498. The van der Waals surface area contributed by atoms with Crippen molar-refractivity contribution in [1.29, 1.82) is 0 Å². The number of carbonyl (C=O) groups is 1. The van der Waals surface area contributed by atoms with E-state index in [-0.39, 0.29) is 30.9 Å². The van der Waals surface area contributed by atoms with Crippen molar-refractivity contribution in [3.05, 3.63) is 28.5 Å². The maximum absolute atomic E-state index is 13.6. The molecule has 1 atom stereocenters. The quantitative estimate of drug-likeness (QED) is 0.849. The second-order valence-corrected chi connectivity index (χ2v) is 6.03. The van der Waals surface area contributed by atoms with E-state index in [0.717, 1.165) is 19.3 Å². The van der Waals surface area contributed by atoms with Crippen LogP contribution in [0.2, 0.25) is 0 Å². The van der Waals surface area contributed by atoms with Crippen LogP contribution in [0.4, 0.5) is 4.39 Å². The van der Waals surface area contributed by atoms with E-state index in [9.17, 15) is 9.18 Å². The molecule has 1 amide bonds. The minimum Gasteiger partial charge on any atom is -0.481 e. The molecular formula is C15H19BrFNO3. The Labute approximate surface area is 132 Å². The highest BCUT2D eigenvalue weighted by molar-refractivity contribution is 9.10. The summed E-state index contributed by atoms with van der Waals surface area (Å²) in [5, 5.41) is 8.88. The first-order chi connectivity index (χ1) is 10.1. The van der Waals surface area contributed by atoms with Crippen LogP contribution in [0, 0.1) is 5.82 Å². The van der Waals surface area contributed by atoms with Crippen molar-refractivity contribution < 1.29 is 19.0 Å². The average Bonchev–Trinajstić information content (AvgIpc) is 2.92. The summed E-state index contributed by atoms with van der Waals surface area (Å²) in [5.41, 5.74) is 0. The third-order valence-corrected chi connectivity index (χ3v) is 4.13. The van der Waals surface area contributed by atoms with Crippen LogP contribution in [0.1, 0.15) is 25.7 Å².